The van der Waals surface area contributed by atoms with Gasteiger partial charge in [0.2, 0.25) is 0 Å². The second-order valence-corrected chi connectivity index (χ2v) is 11.8. The highest BCUT2D eigenvalue weighted by Crippen LogP contribution is 2.38. The van der Waals surface area contributed by atoms with Gasteiger partial charge < -0.3 is 0 Å². The third-order valence-corrected chi connectivity index (χ3v) is 8.49. The Morgan fingerprint density at radius 2 is 0.611 bits per heavy atom. The number of benzene rings is 9. The molecule has 0 saturated heterocycles. The molecule has 10 aromatic rings. The van der Waals surface area contributed by atoms with Crippen molar-refractivity contribution in [2.45, 2.75) is 0 Å². The fourth-order valence-corrected chi connectivity index (χ4v) is 5.94. The molecule has 0 saturated carbocycles. The Morgan fingerprint density at radius 1 is 0.259 bits per heavy atom. The van der Waals surface area contributed by atoms with Gasteiger partial charge in [-0.3, -0.25) is 0 Å². The molecule has 1 aromatic heterocycles. The van der Waals surface area contributed by atoms with Crippen LogP contribution in [0.5, 0.6) is 0 Å². The van der Waals surface area contributed by atoms with E-state index in [0.29, 0.717) is 11.1 Å². The summed E-state index contributed by atoms with van der Waals surface area (Å²) in [6.07, 6.45) is 0. The Morgan fingerprint density at radius 3 is 1.11 bits per heavy atom. The maximum Gasteiger partial charge on any atom is 0.164 e. The number of hydrogen-bond donors (Lipinski definition) is 0. The molecule has 0 spiro atoms. The summed E-state index contributed by atoms with van der Waals surface area (Å²) in [6, 6.07) is -2.78. The normalized spacial score (nSPS) is 17.3. The maximum atomic E-state index is 9.62. The summed E-state index contributed by atoms with van der Waals surface area (Å²) < 4.78 is 208. The van der Waals surface area contributed by atoms with E-state index in [1.54, 1.807) is 60.7 Å². The SMILES string of the molecule is [2H]c1c([2H])c(-c2nc(-c3ccccc3)nc(-c3ccccc3)n2)c([2H])c(-c2c([2H])c([2H])c([2H])c(-c3c([2H])c([2H])c(-c4c([2H])c([2H])c5c6c([2H])c([2H])c([2H])c([2H])c6c6c([2H])c([2H])c([2H])c([2H])c6c5c4[2H])c([2H])c3[2H])c2[2H])c1[2H]. The van der Waals surface area contributed by atoms with Gasteiger partial charge in [-0.1, -0.05) is 182 Å². The van der Waals surface area contributed by atoms with Gasteiger partial charge in [-0.2, -0.15) is 0 Å². The first kappa shape index (κ1) is 15.8. The molecule has 0 fully saturated rings. The molecule has 0 radical (unpaired) electrons. The monoisotopic (exact) mass is 710 g/mol. The van der Waals surface area contributed by atoms with Crippen LogP contribution in [0.2, 0.25) is 0 Å². The molecule has 252 valence electrons. The zero-order valence-corrected chi connectivity index (χ0v) is 27.6. The molecule has 0 N–H and O–H groups in total. The molecule has 0 aliphatic heterocycles. The van der Waals surface area contributed by atoms with Gasteiger partial charge in [0.25, 0.3) is 0 Å². The zero-order chi connectivity index (χ0) is 55.9. The summed E-state index contributed by atoms with van der Waals surface area (Å²) in [7, 11) is 0. The Kier molecular flexibility index (Phi) is 3.92. The molecule has 10 rings (SSSR count). The molecule has 0 atom stereocenters. The third-order valence-electron chi connectivity index (χ3n) is 8.49. The van der Waals surface area contributed by atoms with Crippen LogP contribution in [0.3, 0.4) is 0 Å². The lowest BCUT2D eigenvalue weighted by Crippen LogP contribution is -2.00. The van der Waals surface area contributed by atoms with Gasteiger partial charge in [-0.25, -0.2) is 15.0 Å². The molecule has 1 heterocycles. The number of nitrogens with zero attached hydrogens (tertiary/aromatic N) is 3. The van der Waals surface area contributed by atoms with Gasteiger partial charge in [0.05, 0.1) is 31.5 Å². The van der Waals surface area contributed by atoms with Gasteiger partial charge >= 0.3 is 0 Å². The van der Waals surface area contributed by atoms with Crippen LogP contribution in [0.25, 0.3) is 99.9 Å². The summed E-state index contributed by atoms with van der Waals surface area (Å²) in [5, 5.41) is -2.88. The van der Waals surface area contributed by atoms with Gasteiger partial charge in [-0.15, -0.1) is 0 Å². The molecule has 0 amide bonds. The lowest BCUT2D eigenvalue weighted by Gasteiger charge is -2.12. The van der Waals surface area contributed by atoms with Crippen LogP contribution in [0.1, 0.15) is 31.5 Å². The highest BCUT2D eigenvalue weighted by atomic mass is 15.0. The summed E-state index contributed by atoms with van der Waals surface area (Å²) in [6.45, 7) is 0. The van der Waals surface area contributed by atoms with Crippen molar-refractivity contribution in [3.63, 3.8) is 0 Å². The van der Waals surface area contributed by atoms with Crippen molar-refractivity contribution in [2.75, 3.05) is 0 Å². The number of rotatable bonds is 6. The first-order chi connectivity index (χ1) is 36.4. The van der Waals surface area contributed by atoms with Crippen LogP contribution in [-0.2, 0) is 0 Å². The second kappa shape index (κ2) is 13.4. The van der Waals surface area contributed by atoms with Crippen LogP contribution in [0.15, 0.2) is 200 Å². The molecule has 0 aliphatic rings. The molecule has 9 aromatic carbocycles. The number of aromatic nitrogens is 3. The van der Waals surface area contributed by atoms with Crippen LogP contribution >= 0.6 is 0 Å². The van der Waals surface area contributed by atoms with E-state index in [1.165, 1.54) is 0 Å². The van der Waals surface area contributed by atoms with Crippen molar-refractivity contribution in [3.8, 4) is 67.5 Å². The van der Waals surface area contributed by atoms with E-state index in [9.17, 15) is 12.3 Å². The molecule has 54 heavy (non-hydrogen) atoms. The first-order valence-corrected chi connectivity index (χ1v) is 16.4. The van der Waals surface area contributed by atoms with Gasteiger partial charge in [-0.05, 0) is 83.8 Å². The molecule has 3 heteroatoms. The van der Waals surface area contributed by atoms with E-state index < -0.39 is 210 Å². The zero-order valence-electron chi connectivity index (χ0n) is 50.6. The maximum absolute atomic E-state index is 9.62. The molecule has 0 aliphatic carbocycles. The lowest BCUT2D eigenvalue weighted by atomic mass is 9.91. The van der Waals surface area contributed by atoms with Crippen molar-refractivity contribution in [1.29, 1.82) is 0 Å². The number of fused-ring (bicyclic) bond motifs is 6. The van der Waals surface area contributed by atoms with E-state index in [1.807, 2.05) is 0 Å². The lowest BCUT2D eigenvalue weighted by molar-refractivity contribution is 1.07. The largest absolute Gasteiger partial charge is 0.208 e. The Bertz CT molecular complexity index is 4170. The summed E-state index contributed by atoms with van der Waals surface area (Å²) in [5.41, 5.74) is -4.02. The van der Waals surface area contributed by atoms with E-state index >= 15 is 0 Å². The number of hydrogen-bond acceptors (Lipinski definition) is 3. The van der Waals surface area contributed by atoms with Crippen molar-refractivity contribution in [3.05, 3.63) is 200 Å². The predicted octanol–water partition coefficient (Wildman–Crippen LogP) is 13.3. The third kappa shape index (κ3) is 5.78. The van der Waals surface area contributed by atoms with Crippen molar-refractivity contribution in [1.82, 2.24) is 15.0 Å². The van der Waals surface area contributed by atoms with Crippen molar-refractivity contribution >= 4 is 32.3 Å². The van der Waals surface area contributed by atoms with E-state index in [0.717, 1.165) is 0 Å². The minimum absolute atomic E-state index is 0.100. The highest BCUT2D eigenvalue weighted by molar-refractivity contribution is 6.25. The Labute approximate surface area is 346 Å². The highest BCUT2D eigenvalue weighted by Gasteiger charge is 2.14. The van der Waals surface area contributed by atoms with Crippen LogP contribution < -0.4 is 0 Å². The smallest absolute Gasteiger partial charge is 0.164 e. The van der Waals surface area contributed by atoms with Crippen LogP contribution in [0.4, 0.5) is 0 Å². The topological polar surface area (TPSA) is 38.7 Å². The molecular weight excluding hydrogens is 655 g/mol. The van der Waals surface area contributed by atoms with Crippen molar-refractivity contribution < 1.29 is 31.5 Å². The summed E-state index contributed by atoms with van der Waals surface area (Å²) >= 11 is 0. The second-order valence-electron chi connectivity index (χ2n) is 11.8. The van der Waals surface area contributed by atoms with Gasteiger partial charge in [0.15, 0.2) is 17.5 Å². The Hall–Kier alpha value is -7.23. The molecule has 0 unspecified atom stereocenters. The molecular formula is C51H33N3. The fourth-order valence-electron chi connectivity index (χ4n) is 5.94. The standard InChI is InChI=1S/C51H33N3/c1-3-13-36(14-4-1)49-52-50(37-15-5-2-6-16-37)54-51(53-49)42-20-12-19-40(32-42)39-18-11-17-38(31-39)34-25-27-35(28-26-34)41-29-30-47-45-23-8-7-21-43(45)44-22-9-10-24-46(44)48(47)33-41/h1-33H/i7D,8D,9D,10D,11D,12D,17D,18D,19D,20D,21D,22D,23D,24D,25D,26D,27D,28D,29D,30D,31D,32D,33D. The Balaban J connectivity index is 1.25. The summed E-state index contributed by atoms with van der Waals surface area (Å²) in [5.74, 6) is -0.108. The molecule has 3 nitrogen and oxygen atoms in total. The minimum atomic E-state index is -1.04. The van der Waals surface area contributed by atoms with E-state index in [4.69, 9.17) is 19.2 Å². The first-order valence-electron chi connectivity index (χ1n) is 27.9. The minimum Gasteiger partial charge on any atom is -0.208 e. The van der Waals surface area contributed by atoms with Crippen molar-refractivity contribution in [2.24, 2.45) is 0 Å². The van der Waals surface area contributed by atoms with E-state index in [2.05, 4.69) is 15.0 Å². The quantitative estimate of drug-likeness (QED) is 0.161. The van der Waals surface area contributed by atoms with E-state index in [-0.39, 0.29) is 17.5 Å². The van der Waals surface area contributed by atoms with Gasteiger partial charge in [0.1, 0.15) is 0 Å². The van der Waals surface area contributed by atoms with Gasteiger partial charge in [0, 0.05) is 16.7 Å². The average Bonchev–Trinajstić information content (AvgIpc) is 3.47. The molecule has 0 bridgehead atoms. The van der Waals surface area contributed by atoms with Crippen LogP contribution in [0, 0.1) is 0 Å². The van der Waals surface area contributed by atoms with Crippen LogP contribution in [-0.4, -0.2) is 15.0 Å². The fraction of sp³-hybridized carbons (Fsp3) is 0. The summed E-state index contributed by atoms with van der Waals surface area (Å²) in [4.78, 5) is 13.8. The predicted molar refractivity (Wildman–Crippen MR) is 225 cm³/mol. The average molecular weight is 711 g/mol.